The number of carbonyl (C=O) groups is 1. The quantitative estimate of drug-likeness (QED) is 0.843. The van der Waals surface area contributed by atoms with Gasteiger partial charge in [-0.3, -0.25) is 4.79 Å². The molecule has 3 N–H and O–H groups in total. The van der Waals surface area contributed by atoms with Crippen LogP contribution in [0.15, 0.2) is 23.6 Å². The zero-order valence-corrected chi connectivity index (χ0v) is 14.0. The van der Waals surface area contributed by atoms with Gasteiger partial charge in [0.15, 0.2) is 5.13 Å². The average Bonchev–Trinajstić information content (AvgIpc) is 2.93. The third-order valence-electron chi connectivity index (χ3n) is 3.02. The van der Waals surface area contributed by atoms with Gasteiger partial charge in [-0.1, -0.05) is 11.6 Å². The molecule has 2 rings (SSSR count). The molecule has 0 aliphatic carbocycles. The molecule has 2 aromatic rings. The summed E-state index contributed by atoms with van der Waals surface area (Å²) in [6, 6.07) is 5.47. The number of methoxy groups -OCH3 is 1. The molecule has 118 valence electrons. The Balaban J connectivity index is 2.05. The Bertz CT molecular complexity index is 658. The van der Waals surface area contributed by atoms with E-state index >= 15 is 0 Å². The van der Waals surface area contributed by atoms with E-state index < -0.39 is 0 Å². The van der Waals surface area contributed by atoms with Gasteiger partial charge in [0.25, 0.3) is 0 Å². The van der Waals surface area contributed by atoms with E-state index in [-0.39, 0.29) is 11.9 Å². The number of anilines is 1. The summed E-state index contributed by atoms with van der Waals surface area (Å²) in [5.41, 5.74) is 7.27. The molecule has 0 radical (unpaired) electrons. The van der Waals surface area contributed by atoms with Crippen LogP contribution in [0, 0.1) is 0 Å². The van der Waals surface area contributed by atoms with Gasteiger partial charge < -0.3 is 15.8 Å². The zero-order valence-electron chi connectivity index (χ0n) is 12.4. The van der Waals surface area contributed by atoms with Gasteiger partial charge in [0.2, 0.25) is 5.91 Å². The van der Waals surface area contributed by atoms with Crippen LogP contribution in [0.5, 0.6) is 5.75 Å². The van der Waals surface area contributed by atoms with Gasteiger partial charge >= 0.3 is 0 Å². The number of aromatic nitrogens is 1. The zero-order chi connectivity index (χ0) is 16.1. The van der Waals surface area contributed by atoms with Crippen molar-refractivity contribution in [2.45, 2.75) is 25.8 Å². The van der Waals surface area contributed by atoms with Crippen LogP contribution < -0.4 is 15.8 Å². The van der Waals surface area contributed by atoms with Crippen molar-refractivity contribution in [1.29, 1.82) is 0 Å². The highest BCUT2D eigenvalue weighted by atomic mass is 35.5. The standard InChI is InChI=1S/C15H18ClN3O2S/c1-9(17)3-6-14(20)19-15-18-12(8-22-15)10-4-5-13(21-2)11(16)7-10/h4-5,7-9H,3,6,17H2,1-2H3,(H,18,19,20). The summed E-state index contributed by atoms with van der Waals surface area (Å²) < 4.78 is 5.12. The van der Waals surface area contributed by atoms with Crippen LogP contribution in [0.1, 0.15) is 19.8 Å². The number of nitrogens with zero attached hydrogens (tertiary/aromatic N) is 1. The van der Waals surface area contributed by atoms with Gasteiger partial charge in [-0.25, -0.2) is 4.98 Å². The van der Waals surface area contributed by atoms with Crippen LogP contribution in [0.2, 0.25) is 5.02 Å². The van der Waals surface area contributed by atoms with E-state index in [4.69, 9.17) is 22.1 Å². The summed E-state index contributed by atoms with van der Waals surface area (Å²) >= 11 is 7.48. The summed E-state index contributed by atoms with van der Waals surface area (Å²) in [7, 11) is 1.57. The van der Waals surface area contributed by atoms with Gasteiger partial charge in [-0.2, -0.15) is 0 Å². The minimum Gasteiger partial charge on any atom is -0.495 e. The summed E-state index contributed by atoms with van der Waals surface area (Å²) in [6.45, 7) is 1.88. The summed E-state index contributed by atoms with van der Waals surface area (Å²) in [6.07, 6.45) is 1.04. The number of carbonyl (C=O) groups excluding carboxylic acids is 1. The van der Waals surface area contributed by atoms with Crippen molar-refractivity contribution in [3.8, 4) is 17.0 Å². The summed E-state index contributed by atoms with van der Waals surface area (Å²) in [5, 5.41) is 5.74. The van der Waals surface area contributed by atoms with Crippen LogP contribution in [0.3, 0.4) is 0 Å². The van der Waals surface area contributed by atoms with Crippen molar-refractivity contribution in [3.63, 3.8) is 0 Å². The lowest BCUT2D eigenvalue weighted by atomic mass is 10.2. The minimum atomic E-state index is -0.0778. The number of nitrogens with two attached hydrogens (primary N) is 1. The second-order valence-electron chi connectivity index (χ2n) is 4.95. The Hall–Kier alpha value is -1.63. The van der Waals surface area contributed by atoms with Gasteiger partial charge in [0.1, 0.15) is 5.75 Å². The number of nitrogens with one attached hydrogen (secondary N) is 1. The Labute approximate surface area is 138 Å². The highest BCUT2D eigenvalue weighted by Gasteiger charge is 2.10. The molecule has 0 spiro atoms. The van der Waals surface area contributed by atoms with Gasteiger partial charge in [0, 0.05) is 23.4 Å². The summed E-state index contributed by atoms with van der Waals surface area (Å²) in [5.74, 6) is 0.538. The van der Waals surface area contributed by atoms with Crippen molar-refractivity contribution in [1.82, 2.24) is 4.98 Å². The van der Waals surface area contributed by atoms with E-state index in [0.29, 0.717) is 28.7 Å². The molecule has 0 fully saturated rings. The number of thiazole rings is 1. The monoisotopic (exact) mass is 339 g/mol. The molecule has 1 aromatic heterocycles. The van der Waals surface area contributed by atoms with E-state index in [1.54, 1.807) is 19.2 Å². The number of hydrogen-bond acceptors (Lipinski definition) is 5. The fraction of sp³-hybridized carbons (Fsp3) is 0.333. The summed E-state index contributed by atoms with van der Waals surface area (Å²) in [4.78, 5) is 16.2. The molecule has 22 heavy (non-hydrogen) atoms. The Morgan fingerprint density at radius 3 is 2.95 bits per heavy atom. The lowest BCUT2D eigenvalue weighted by Gasteiger charge is -2.05. The first kappa shape index (κ1) is 16.7. The number of hydrogen-bond donors (Lipinski definition) is 2. The third-order valence-corrected chi connectivity index (χ3v) is 4.08. The molecule has 1 unspecified atom stereocenters. The number of rotatable bonds is 6. The predicted molar refractivity (Wildman–Crippen MR) is 90.6 cm³/mol. The van der Waals surface area contributed by atoms with E-state index in [2.05, 4.69) is 10.3 Å². The molecule has 0 saturated heterocycles. The second kappa shape index (κ2) is 7.58. The second-order valence-corrected chi connectivity index (χ2v) is 6.22. The lowest BCUT2D eigenvalue weighted by Crippen LogP contribution is -2.19. The topological polar surface area (TPSA) is 77.2 Å². The molecule has 0 aliphatic heterocycles. The molecule has 1 aromatic carbocycles. The molecule has 1 amide bonds. The van der Waals surface area contributed by atoms with Crippen LogP contribution in [0.25, 0.3) is 11.3 Å². The van der Waals surface area contributed by atoms with Crippen molar-refractivity contribution in [3.05, 3.63) is 28.6 Å². The minimum absolute atomic E-state index is 0.0130. The maximum atomic E-state index is 11.8. The molecule has 0 bridgehead atoms. The van der Waals surface area contributed by atoms with E-state index in [1.165, 1.54) is 11.3 Å². The number of ether oxygens (including phenoxy) is 1. The molecule has 5 nitrogen and oxygen atoms in total. The first-order chi connectivity index (χ1) is 10.5. The molecule has 1 heterocycles. The first-order valence-electron chi connectivity index (χ1n) is 6.84. The number of benzene rings is 1. The SMILES string of the molecule is COc1ccc(-c2csc(NC(=O)CCC(C)N)n2)cc1Cl. The van der Waals surface area contributed by atoms with Gasteiger partial charge in [0.05, 0.1) is 17.8 Å². The van der Waals surface area contributed by atoms with E-state index in [1.807, 2.05) is 18.4 Å². The van der Waals surface area contributed by atoms with Gasteiger partial charge in [-0.05, 0) is 31.5 Å². The molecular formula is C15H18ClN3O2S. The Morgan fingerprint density at radius 1 is 1.55 bits per heavy atom. The van der Waals surface area contributed by atoms with Crippen LogP contribution in [-0.4, -0.2) is 24.0 Å². The largest absolute Gasteiger partial charge is 0.495 e. The third kappa shape index (κ3) is 4.43. The molecule has 1 atom stereocenters. The molecule has 0 saturated carbocycles. The normalized spacial score (nSPS) is 12.0. The maximum Gasteiger partial charge on any atom is 0.226 e. The Kier molecular flexibility index (Phi) is 5.76. The maximum absolute atomic E-state index is 11.8. The van der Waals surface area contributed by atoms with Crippen LogP contribution in [-0.2, 0) is 4.79 Å². The average molecular weight is 340 g/mol. The molecule has 0 aliphatic rings. The highest BCUT2D eigenvalue weighted by Crippen LogP contribution is 2.31. The van der Waals surface area contributed by atoms with Crippen molar-refractivity contribution >= 4 is 34.0 Å². The fourth-order valence-electron chi connectivity index (χ4n) is 1.83. The van der Waals surface area contributed by atoms with Crippen LogP contribution in [0.4, 0.5) is 5.13 Å². The highest BCUT2D eigenvalue weighted by molar-refractivity contribution is 7.14. The smallest absolute Gasteiger partial charge is 0.226 e. The molecule has 7 heteroatoms. The van der Waals surface area contributed by atoms with Gasteiger partial charge in [-0.15, -0.1) is 11.3 Å². The van der Waals surface area contributed by atoms with Crippen molar-refractivity contribution in [2.24, 2.45) is 5.73 Å². The van der Waals surface area contributed by atoms with Crippen LogP contribution >= 0.6 is 22.9 Å². The van der Waals surface area contributed by atoms with Crippen molar-refractivity contribution in [2.75, 3.05) is 12.4 Å². The number of amides is 1. The lowest BCUT2D eigenvalue weighted by molar-refractivity contribution is -0.116. The van der Waals surface area contributed by atoms with Crippen molar-refractivity contribution < 1.29 is 9.53 Å². The first-order valence-corrected chi connectivity index (χ1v) is 8.10. The van der Waals surface area contributed by atoms with E-state index in [0.717, 1.165) is 11.3 Å². The number of halogens is 1. The van der Waals surface area contributed by atoms with E-state index in [9.17, 15) is 4.79 Å². The predicted octanol–water partition coefficient (Wildman–Crippen LogP) is 3.54. The molecular weight excluding hydrogens is 322 g/mol. The Morgan fingerprint density at radius 2 is 2.32 bits per heavy atom. The fourth-order valence-corrected chi connectivity index (χ4v) is 2.82.